The number of fused-ring (bicyclic) bond motifs is 1. The molecule has 1 aliphatic heterocycles. The van der Waals surface area contributed by atoms with E-state index in [1.54, 1.807) is 0 Å². The van der Waals surface area contributed by atoms with Gasteiger partial charge in [0.05, 0.1) is 12.7 Å². The van der Waals surface area contributed by atoms with Gasteiger partial charge in [0, 0.05) is 44.4 Å². The molecule has 2 heterocycles. The van der Waals surface area contributed by atoms with Crippen LogP contribution in [0.5, 0.6) is 5.75 Å². The molecule has 1 aliphatic carbocycles. The van der Waals surface area contributed by atoms with Crippen molar-refractivity contribution < 1.29 is 5.11 Å². The lowest BCUT2D eigenvalue weighted by Gasteiger charge is -2.23. The topological polar surface area (TPSA) is 65.7 Å². The number of halogens is 1. The van der Waals surface area contributed by atoms with Crippen LogP contribution in [0.1, 0.15) is 54.4 Å². The largest absolute Gasteiger partial charge is 0.508 e. The minimum atomic E-state index is 0. The van der Waals surface area contributed by atoms with Crippen molar-refractivity contribution in [3.05, 3.63) is 46.8 Å². The van der Waals surface area contributed by atoms with Crippen molar-refractivity contribution in [3.8, 4) is 5.75 Å². The van der Waals surface area contributed by atoms with Gasteiger partial charge in [0.1, 0.15) is 5.75 Å². The highest BCUT2D eigenvalue weighted by Gasteiger charge is 2.27. The Balaban J connectivity index is 0.00000240. The fourth-order valence-electron chi connectivity index (χ4n) is 4.52. The number of aliphatic imine (C=N–C) groups is 1. The van der Waals surface area contributed by atoms with E-state index in [2.05, 4.69) is 34.5 Å². The molecule has 2 N–H and O–H groups in total. The molecule has 158 valence electrons. The Kier molecular flexibility index (Phi) is 7.43. The normalized spacial score (nSPS) is 19.0. The Morgan fingerprint density at radius 2 is 2.14 bits per heavy atom. The monoisotopic (exact) mass is 509 g/mol. The molecule has 4 rings (SSSR count). The van der Waals surface area contributed by atoms with Crippen LogP contribution in [-0.2, 0) is 26.4 Å². The first-order valence-corrected chi connectivity index (χ1v) is 10.5. The number of rotatable bonds is 4. The minimum absolute atomic E-state index is 0. The third-order valence-electron chi connectivity index (χ3n) is 6.03. The number of nitrogens with zero attached hydrogens (tertiary/aromatic N) is 4. The number of guanidine groups is 1. The average Bonchev–Trinajstić information content (AvgIpc) is 3.35. The highest BCUT2D eigenvalue weighted by molar-refractivity contribution is 14.0. The lowest BCUT2D eigenvalue weighted by molar-refractivity contribution is 0.463. The fraction of sp³-hybridized carbons (Fsp3) is 0.545. The third kappa shape index (κ3) is 4.87. The van der Waals surface area contributed by atoms with Crippen LogP contribution >= 0.6 is 24.0 Å². The lowest BCUT2D eigenvalue weighted by Crippen LogP contribution is -2.40. The smallest absolute Gasteiger partial charge is 0.194 e. The number of aromatic hydroxyl groups is 1. The van der Waals surface area contributed by atoms with E-state index >= 15 is 0 Å². The first-order chi connectivity index (χ1) is 13.7. The first-order valence-electron chi connectivity index (χ1n) is 10.5. The van der Waals surface area contributed by atoms with Gasteiger partial charge in [-0.3, -0.25) is 4.68 Å². The second-order valence-corrected chi connectivity index (χ2v) is 7.96. The molecule has 2 aromatic rings. The molecule has 1 saturated heterocycles. The number of aromatic nitrogens is 2. The molecule has 0 amide bonds. The maximum absolute atomic E-state index is 10.5. The number of phenolic OH excluding ortho intramolecular Hbond substituents is 1. The van der Waals surface area contributed by atoms with Gasteiger partial charge in [0.15, 0.2) is 5.96 Å². The van der Waals surface area contributed by atoms with Gasteiger partial charge in [-0.15, -0.1) is 24.0 Å². The number of benzene rings is 1. The van der Waals surface area contributed by atoms with Crippen molar-refractivity contribution in [1.82, 2.24) is 20.0 Å². The summed E-state index contributed by atoms with van der Waals surface area (Å²) < 4.78 is 1.87. The predicted molar refractivity (Wildman–Crippen MR) is 127 cm³/mol. The third-order valence-corrected chi connectivity index (χ3v) is 6.03. The van der Waals surface area contributed by atoms with Crippen LogP contribution in [-0.4, -0.2) is 45.4 Å². The molecule has 29 heavy (non-hydrogen) atoms. The van der Waals surface area contributed by atoms with Gasteiger partial charge < -0.3 is 15.3 Å². The van der Waals surface area contributed by atoms with Crippen molar-refractivity contribution in [3.63, 3.8) is 0 Å². The summed E-state index contributed by atoms with van der Waals surface area (Å²) in [5, 5.41) is 18.2. The number of nitrogens with one attached hydrogen (secondary N) is 1. The van der Waals surface area contributed by atoms with Gasteiger partial charge in [-0.05, 0) is 61.8 Å². The molecule has 1 unspecified atom stereocenters. The van der Waals surface area contributed by atoms with Crippen LogP contribution in [0.3, 0.4) is 0 Å². The zero-order valence-electron chi connectivity index (χ0n) is 17.4. The maximum atomic E-state index is 10.5. The van der Waals surface area contributed by atoms with Crippen molar-refractivity contribution in [2.75, 3.05) is 19.6 Å². The number of aryl methyl sites for hydroxylation is 2. The molecule has 1 aromatic heterocycles. The van der Waals surface area contributed by atoms with Crippen LogP contribution in [0, 0.1) is 0 Å². The van der Waals surface area contributed by atoms with Crippen molar-refractivity contribution in [2.24, 2.45) is 12.0 Å². The van der Waals surface area contributed by atoms with Crippen molar-refractivity contribution in [1.29, 1.82) is 0 Å². The van der Waals surface area contributed by atoms with Crippen LogP contribution in [0.15, 0.2) is 29.5 Å². The molecular weight excluding hydrogens is 477 g/mol. The Bertz CT molecular complexity index is 863. The van der Waals surface area contributed by atoms with Gasteiger partial charge in [-0.2, -0.15) is 5.10 Å². The highest BCUT2D eigenvalue weighted by atomic mass is 127. The van der Waals surface area contributed by atoms with Crippen molar-refractivity contribution >= 4 is 29.9 Å². The van der Waals surface area contributed by atoms with E-state index in [0.717, 1.165) is 50.4 Å². The van der Waals surface area contributed by atoms with Crippen LogP contribution in [0.2, 0.25) is 0 Å². The summed E-state index contributed by atoms with van der Waals surface area (Å²) in [6, 6.07) is 3.93. The maximum Gasteiger partial charge on any atom is 0.194 e. The Morgan fingerprint density at radius 1 is 1.31 bits per heavy atom. The number of hydrogen-bond acceptors (Lipinski definition) is 3. The summed E-state index contributed by atoms with van der Waals surface area (Å²) in [5.74, 6) is 1.83. The molecular formula is C22H32IN5O. The van der Waals surface area contributed by atoms with Crippen molar-refractivity contribution in [2.45, 2.75) is 51.5 Å². The standard InChI is InChI=1S/C22H31N5O.HI/c1-3-23-22(27-11-10-17(15-27)18-12-25-26(2)14-18)24-13-20-19-7-5-4-6-16(19)8-9-21(20)28;/h8-9,12,14,17,28H,3-7,10-11,13,15H2,1-2H3,(H,23,24);1H. The van der Waals surface area contributed by atoms with E-state index in [1.807, 2.05) is 24.0 Å². The number of likely N-dealkylation sites (tertiary alicyclic amines) is 1. The van der Waals surface area contributed by atoms with E-state index in [-0.39, 0.29) is 24.0 Å². The second-order valence-electron chi connectivity index (χ2n) is 7.96. The van der Waals surface area contributed by atoms with E-state index < -0.39 is 0 Å². The molecule has 1 aromatic carbocycles. The van der Waals surface area contributed by atoms with E-state index in [9.17, 15) is 5.11 Å². The van der Waals surface area contributed by atoms with E-state index in [4.69, 9.17) is 4.99 Å². The average molecular weight is 509 g/mol. The molecule has 0 saturated carbocycles. The summed E-state index contributed by atoms with van der Waals surface area (Å²) in [5.41, 5.74) is 5.02. The Morgan fingerprint density at radius 3 is 2.90 bits per heavy atom. The Labute approximate surface area is 190 Å². The van der Waals surface area contributed by atoms with Gasteiger partial charge in [-0.1, -0.05) is 6.07 Å². The highest BCUT2D eigenvalue weighted by Crippen LogP contribution is 2.31. The van der Waals surface area contributed by atoms with E-state index in [1.165, 1.54) is 29.5 Å². The first kappa shape index (κ1) is 21.9. The second kappa shape index (κ2) is 9.82. The molecule has 0 radical (unpaired) electrons. The summed E-state index contributed by atoms with van der Waals surface area (Å²) >= 11 is 0. The zero-order chi connectivity index (χ0) is 19.5. The summed E-state index contributed by atoms with van der Waals surface area (Å²) in [6.45, 7) is 5.42. The number of phenols is 1. The fourth-order valence-corrected chi connectivity index (χ4v) is 4.52. The minimum Gasteiger partial charge on any atom is -0.508 e. The molecule has 0 bridgehead atoms. The SMILES string of the molecule is CCNC(=NCc1c(O)ccc2c1CCCC2)N1CCC(c2cnn(C)c2)C1.I. The summed E-state index contributed by atoms with van der Waals surface area (Å²) in [4.78, 5) is 7.26. The van der Waals surface area contributed by atoms with Gasteiger partial charge in [0.25, 0.3) is 0 Å². The summed E-state index contributed by atoms with van der Waals surface area (Å²) in [6.07, 6.45) is 9.82. The molecule has 1 atom stereocenters. The van der Waals surface area contributed by atoms with Gasteiger partial charge in [0.2, 0.25) is 0 Å². The van der Waals surface area contributed by atoms with E-state index in [0.29, 0.717) is 18.2 Å². The van der Waals surface area contributed by atoms with Crippen LogP contribution < -0.4 is 5.32 Å². The lowest BCUT2D eigenvalue weighted by atomic mass is 9.88. The van der Waals surface area contributed by atoms with Gasteiger partial charge in [-0.25, -0.2) is 4.99 Å². The number of hydrogen-bond donors (Lipinski definition) is 2. The molecule has 6 nitrogen and oxygen atoms in total. The molecule has 7 heteroatoms. The molecule has 2 aliphatic rings. The zero-order valence-corrected chi connectivity index (χ0v) is 19.7. The van der Waals surface area contributed by atoms with Gasteiger partial charge >= 0.3 is 0 Å². The molecule has 1 fully saturated rings. The van der Waals surface area contributed by atoms with Crippen LogP contribution in [0.25, 0.3) is 0 Å². The Hall–Kier alpha value is -1.77. The van der Waals surface area contributed by atoms with Crippen LogP contribution in [0.4, 0.5) is 0 Å². The summed E-state index contributed by atoms with van der Waals surface area (Å²) in [7, 11) is 1.97. The molecule has 0 spiro atoms. The quantitative estimate of drug-likeness (QED) is 0.376. The predicted octanol–water partition coefficient (Wildman–Crippen LogP) is 3.58.